The SMILES string of the molecule is CCNc1cncc(-c2cccc(F)c2)c1. The van der Waals surface area contributed by atoms with Crippen LogP contribution in [0.4, 0.5) is 10.1 Å². The van der Waals surface area contributed by atoms with Gasteiger partial charge in [0, 0.05) is 24.5 Å². The van der Waals surface area contributed by atoms with Crippen molar-refractivity contribution in [2.45, 2.75) is 6.92 Å². The first kappa shape index (κ1) is 10.6. The van der Waals surface area contributed by atoms with E-state index in [1.165, 1.54) is 12.1 Å². The van der Waals surface area contributed by atoms with Gasteiger partial charge in [0.05, 0.1) is 5.69 Å². The predicted octanol–water partition coefficient (Wildman–Crippen LogP) is 3.32. The van der Waals surface area contributed by atoms with Gasteiger partial charge in [-0.3, -0.25) is 4.98 Å². The largest absolute Gasteiger partial charge is 0.384 e. The number of hydrogen-bond acceptors (Lipinski definition) is 2. The minimum absolute atomic E-state index is 0.230. The molecule has 1 aromatic carbocycles. The summed E-state index contributed by atoms with van der Waals surface area (Å²) in [7, 11) is 0. The van der Waals surface area contributed by atoms with E-state index in [1.54, 1.807) is 18.5 Å². The molecule has 2 nitrogen and oxygen atoms in total. The Balaban J connectivity index is 2.36. The summed E-state index contributed by atoms with van der Waals surface area (Å²) in [5.41, 5.74) is 2.70. The van der Waals surface area contributed by atoms with Gasteiger partial charge < -0.3 is 5.32 Å². The van der Waals surface area contributed by atoms with Gasteiger partial charge in [0.25, 0.3) is 0 Å². The highest BCUT2D eigenvalue weighted by Gasteiger charge is 2.00. The Morgan fingerprint density at radius 1 is 1.19 bits per heavy atom. The minimum Gasteiger partial charge on any atom is -0.384 e. The Kier molecular flexibility index (Phi) is 3.15. The fraction of sp³-hybridized carbons (Fsp3) is 0.154. The lowest BCUT2D eigenvalue weighted by molar-refractivity contribution is 0.628. The van der Waals surface area contributed by atoms with Crippen LogP contribution >= 0.6 is 0 Å². The van der Waals surface area contributed by atoms with Crippen molar-refractivity contribution in [3.8, 4) is 11.1 Å². The van der Waals surface area contributed by atoms with Gasteiger partial charge in [0.2, 0.25) is 0 Å². The number of rotatable bonds is 3. The van der Waals surface area contributed by atoms with Gasteiger partial charge in [-0.15, -0.1) is 0 Å². The molecule has 3 heteroatoms. The van der Waals surface area contributed by atoms with E-state index in [2.05, 4.69) is 10.3 Å². The molecular weight excluding hydrogens is 203 g/mol. The van der Waals surface area contributed by atoms with Crippen LogP contribution in [0.15, 0.2) is 42.7 Å². The molecule has 0 bridgehead atoms. The normalized spacial score (nSPS) is 10.1. The van der Waals surface area contributed by atoms with Crippen LogP contribution in [0.3, 0.4) is 0 Å². The third-order valence-corrected chi connectivity index (χ3v) is 2.28. The maximum atomic E-state index is 13.1. The Hall–Kier alpha value is -1.90. The zero-order valence-corrected chi connectivity index (χ0v) is 9.07. The van der Waals surface area contributed by atoms with Crippen LogP contribution in [-0.2, 0) is 0 Å². The first-order valence-corrected chi connectivity index (χ1v) is 5.24. The number of nitrogens with zero attached hydrogens (tertiary/aromatic N) is 1. The van der Waals surface area contributed by atoms with Crippen LogP contribution < -0.4 is 5.32 Å². The average molecular weight is 216 g/mol. The topological polar surface area (TPSA) is 24.9 Å². The summed E-state index contributed by atoms with van der Waals surface area (Å²) in [5, 5.41) is 3.18. The van der Waals surface area contributed by atoms with Crippen molar-refractivity contribution in [3.05, 3.63) is 48.5 Å². The molecule has 16 heavy (non-hydrogen) atoms. The molecule has 0 radical (unpaired) electrons. The summed E-state index contributed by atoms with van der Waals surface area (Å²) >= 11 is 0. The van der Waals surface area contributed by atoms with Gasteiger partial charge in [0.15, 0.2) is 0 Å². The molecule has 2 aromatic rings. The van der Waals surface area contributed by atoms with Crippen LogP contribution in [0.2, 0.25) is 0 Å². The Morgan fingerprint density at radius 2 is 2.06 bits per heavy atom. The Morgan fingerprint density at radius 3 is 2.81 bits per heavy atom. The van der Waals surface area contributed by atoms with Crippen molar-refractivity contribution in [3.63, 3.8) is 0 Å². The van der Waals surface area contributed by atoms with E-state index in [0.717, 1.165) is 23.4 Å². The number of aromatic nitrogens is 1. The van der Waals surface area contributed by atoms with Gasteiger partial charge in [-0.05, 0) is 30.7 Å². The maximum absolute atomic E-state index is 13.1. The lowest BCUT2D eigenvalue weighted by Gasteiger charge is -2.05. The molecule has 0 saturated heterocycles. The molecule has 0 amide bonds. The summed E-state index contributed by atoms with van der Waals surface area (Å²) in [5.74, 6) is -0.230. The lowest BCUT2D eigenvalue weighted by atomic mass is 10.1. The van der Waals surface area contributed by atoms with Crippen LogP contribution in [0.5, 0.6) is 0 Å². The number of hydrogen-bond donors (Lipinski definition) is 1. The lowest BCUT2D eigenvalue weighted by Crippen LogP contribution is -1.97. The Labute approximate surface area is 94.2 Å². The van der Waals surface area contributed by atoms with E-state index in [4.69, 9.17) is 0 Å². The molecule has 0 aliphatic heterocycles. The van der Waals surface area contributed by atoms with E-state index in [9.17, 15) is 4.39 Å². The van der Waals surface area contributed by atoms with Gasteiger partial charge >= 0.3 is 0 Å². The van der Waals surface area contributed by atoms with Gasteiger partial charge in [0.1, 0.15) is 5.82 Å². The molecule has 0 spiro atoms. The summed E-state index contributed by atoms with van der Waals surface area (Å²) < 4.78 is 13.1. The highest BCUT2D eigenvalue weighted by molar-refractivity contribution is 5.66. The summed E-state index contributed by atoms with van der Waals surface area (Å²) in [6.07, 6.45) is 3.49. The zero-order chi connectivity index (χ0) is 11.4. The second-order valence-electron chi connectivity index (χ2n) is 3.50. The molecule has 2 rings (SSSR count). The monoisotopic (exact) mass is 216 g/mol. The first-order valence-electron chi connectivity index (χ1n) is 5.24. The third-order valence-electron chi connectivity index (χ3n) is 2.28. The second-order valence-corrected chi connectivity index (χ2v) is 3.50. The summed E-state index contributed by atoms with van der Waals surface area (Å²) in [6, 6.07) is 8.48. The molecule has 1 aromatic heterocycles. The van der Waals surface area contributed by atoms with Gasteiger partial charge in [-0.2, -0.15) is 0 Å². The fourth-order valence-corrected chi connectivity index (χ4v) is 1.57. The van der Waals surface area contributed by atoms with E-state index >= 15 is 0 Å². The highest BCUT2D eigenvalue weighted by atomic mass is 19.1. The summed E-state index contributed by atoms with van der Waals surface area (Å²) in [4.78, 5) is 4.12. The van der Waals surface area contributed by atoms with Crippen LogP contribution in [0, 0.1) is 5.82 Å². The Bertz CT molecular complexity index is 483. The number of pyridine rings is 1. The van der Waals surface area contributed by atoms with E-state index in [-0.39, 0.29) is 5.82 Å². The van der Waals surface area contributed by atoms with Crippen LogP contribution in [0.1, 0.15) is 6.92 Å². The molecule has 0 unspecified atom stereocenters. The first-order chi connectivity index (χ1) is 7.79. The standard InChI is InChI=1S/C13H13FN2/c1-2-16-13-7-11(8-15-9-13)10-4-3-5-12(14)6-10/h3-9,16H,2H2,1H3. The smallest absolute Gasteiger partial charge is 0.123 e. The van der Waals surface area contributed by atoms with E-state index < -0.39 is 0 Å². The van der Waals surface area contributed by atoms with Crippen molar-refractivity contribution in [1.82, 2.24) is 4.98 Å². The van der Waals surface area contributed by atoms with Crippen LogP contribution in [0.25, 0.3) is 11.1 Å². The molecule has 1 heterocycles. The third kappa shape index (κ3) is 2.37. The maximum Gasteiger partial charge on any atom is 0.123 e. The molecule has 0 atom stereocenters. The molecule has 0 saturated carbocycles. The van der Waals surface area contributed by atoms with Crippen LogP contribution in [-0.4, -0.2) is 11.5 Å². The number of halogens is 1. The van der Waals surface area contributed by atoms with Gasteiger partial charge in [-0.1, -0.05) is 12.1 Å². The molecule has 1 N–H and O–H groups in total. The van der Waals surface area contributed by atoms with E-state index in [1.807, 2.05) is 19.1 Å². The number of benzene rings is 1. The fourth-order valence-electron chi connectivity index (χ4n) is 1.57. The highest BCUT2D eigenvalue weighted by Crippen LogP contribution is 2.21. The second kappa shape index (κ2) is 4.75. The van der Waals surface area contributed by atoms with Crippen molar-refractivity contribution < 1.29 is 4.39 Å². The quantitative estimate of drug-likeness (QED) is 0.851. The zero-order valence-electron chi connectivity index (χ0n) is 9.07. The molecular formula is C13H13FN2. The summed E-state index contributed by atoms with van der Waals surface area (Å²) in [6.45, 7) is 2.86. The van der Waals surface area contributed by atoms with Gasteiger partial charge in [-0.25, -0.2) is 4.39 Å². The van der Waals surface area contributed by atoms with Crippen molar-refractivity contribution in [1.29, 1.82) is 0 Å². The molecule has 0 aliphatic rings. The average Bonchev–Trinajstić information content (AvgIpc) is 2.30. The van der Waals surface area contributed by atoms with E-state index in [0.29, 0.717) is 0 Å². The van der Waals surface area contributed by atoms with Crippen molar-refractivity contribution >= 4 is 5.69 Å². The molecule has 0 fully saturated rings. The number of nitrogens with one attached hydrogen (secondary N) is 1. The predicted molar refractivity (Wildman–Crippen MR) is 63.8 cm³/mol. The number of anilines is 1. The minimum atomic E-state index is -0.230. The van der Waals surface area contributed by atoms with Crippen molar-refractivity contribution in [2.75, 3.05) is 11.9 Å². The molecule has 0 aliphatic carbocycles. The van der Waals surface area contributed by atoms with Crippen molar-refractivity contribution in [2.24, 2.45) is 0 Å². The molecule has 82 valence electrons.